The number of nitriles is 1. The maximum Gasteiger partial charge on any atom is 0.193 e. The fourth-order valence-corrected chi connectivity index (χ4v) is 4.30. The van der Waals surface area contributed by atoms with Gasteiger partial charge in [0.05, 0.1) is 16.0 Å². The number of nitrogens with zero attached hydrogens (tertiary/aromatic N) is 2. The van der Waals surface area contributed by atoms with Crippen LogP contribution in [-0.4, -0.2) is 49.2 Å². The maximum absolute atomic E-state index is 12.4. The average Bonchev–Trinajstić information content (AvgIpc) is 2.74. The van der Waals surface area contributed by atoms with Crippen molar-refractivity contribution in [2.75, 3.05) is 23.5 Å². The minimum atomic E-state index is -3.44. The third-order valence-corrected chi connectivity index (χ3v) is 6.35. The Kier molecular flexibility index (Phi) is 6.90. The number of aromatic nitrogens is 1. The number of Topliss-reactive ketones (excluding diaryl/α,β-unsaturated/α-hetero) is 1. The number of pyridine rings is 1. The number of ketones is 1. The van der Waals surface area contributed by atoms with Gasteiger partial charge in [0.25, 0.3) is 0 Å². The average molecular weight is 444 g/mol. The van der Waals surface area contributed by atoms with Gasteiger partial charge in [0.15, 0.2) is 15.6 Å². The molecule has 2 aromatic rings. The molecule has 10 heteroatoms. The first-order valence-electron chi connectivity index (χ1n) is 9.91. The summed E-state index contributed by atoms with van der Waals surface area (Å²) < 4.78 is 23.7. The monoisotopic (exact) mass is 443 g/mol. The maximum atomic E-state index is 12.4. The first kappa shape index (κ1) is 22.7. The molecule has 0 radical (unpaired) electrons. The predicted molar refractivity (Wildman–Crippen MR) is 117 cm³/mol. The molecule has 3 rings (SSSR count). The van der Waals surface area contributed by atoms with Gasteiger partial charge in [0, 0.05) is 24.0 Å². The van der Waals surface area contributed by atoms with E-state index in [0.29, 0.717) is 11.5 Å². The number of hydrogen-bond donors (Lipinski definition) is 4. The molecule has 1 fully saturated rings. The molecule has 1 aliphatic rings. The minimum Gasteiger partial charge on any atom is -0.388 e. The molecular formula is C21H25N5O4S. The highest BCUT2D eigenvalue weighted by atomic mass is 32.2. The number of nitrogens with one attached hydrogen (secondary N) is 2. The van der Waals surface area contributed by atoms with Crippen LogP contribution in [-0.2, 0) is 9.84 Å². The van der Waals surface area contributed by atoms with E-state index in [1.165, 1.54) is 18.2 Å². The molecule has 9 nitrogen and oxygen atoms in total. The Bertz CT molecular complexity index is 1130. The molecule has 5 N–H and O–H groups in total. The van der Waals surface area contributed by atoms with Gasteiger partial charge in [0.1, 0.15) is 24.3 Å². The van der Waals surface area contributed by atoms with Crippen LogP contribution < -0.4 is 16.4 Å². The van der Waals surface area contributed by atoms with Gasteiger partial charge in [-0.15, -0.1) is 0 Å². The molecule has 1 heterocycles. The summed E-state index contributed by atoms with van der Waals surface area (Å²) in [5.41, 5.74) is 6.56. The van der Waals surface area contributed by atoms with Crippen molar-refractivity contribution in [1.82, 2.24) is 4.98 Å². The zero-order valence-corrected chi connectivity index (χ0v) is 17.9. The molecular weight excluding hydrogens is 418 g/mol. The van der Waals surface area contributed by atoms with E-state index in [1.807, 2.05) is 6.07 Å². The van der Waals surface area contributed by atoms with Crippen LogP contribution >= 0.6 is 0 Å². The number of sulfone groups is 1. The number of hydrogen-bond acceptors (Lipinski definition) is 9. The molecule has 1 aromatic carbocycles. The lowest BCUT2D eigenvalue weighted by Crippen LogP contribution is -2.42. The van der Waals surface area contributed by atoms with Crippen molar-refractivity contribution in [2.45, 2.75) is 42.7 Å². The van der Waals surface area contributed by atoms with E-state index in [-0.39, 0.29) is 33.9 Å². The van der Waals surface area contributed by atoms with Crippen molar-refractivity contribution < 1.29 is 18.3 Å². The molecule has 1 aromatic heterocycles. The summed E-state index contributed by atoms with van der Waals surface area (Å²) in [6, 6.07) is 9.41. The topological polar surface area (TPSA) is 158 Å². The van der Waals surface area contributed by atoms with E-state index in [0.717, 1.165) is 31.9 Å². The molecule has 1 saturated carbocycles. The van der Waals surface area contributed by atoms with Crippen LogP contribution in [0.2, 0.25) is 0 Å². The van der Waals surface area contributed by atoms with Gasteiger partial charge in [0.2, 0.25) is 0 Å². The van der Waals surface area contributed by atoms with Crippen molar-refractivity contribution in [1.29, 1.82) is 5.26 Å². The number of benzene rings is 1. The van der Waals surface area contributed by atoms with Crippen LogP contribution in [0.3, 0.4) is 0 Å². The highest BCUT2D eigenvalue weighted by Crippen LogP contribution is 2.28. The largest absolute Gasteiger partial charge is 0.388 e. The molecule has 1 aliphatic carbocycles. The Morgan fingerprint density at radius 2 is 2.06 bits per heavy atom. The highest BCUT2D eigenvalue weighted by Gasteiger charge is 2.24. The molecule has 0 amide bonds. The van der Waals surface area contributed by atoms with Crippen molar-refractivity contribution in [3.63, 3.8) is 0 Å². The van der Waals surface area contributed by atoms with Crippen LogP contribution in [0.4, 0.5) is 17.3 Å². The first-order chi connectivity index (χ1) is 14.7. The summed E-state index contributed by atoms with van der Waals surface area (Å²) in [5, 5.41) is 25.2. The van der Waals surface area contributed by atoms with E-state index in [2.05, 4.69) is 15.6 Å². The second-order valence-corrected chi connectivity index (χ2v) is 9.61. The molecule has 164 valence electrons. The fourth-order valence-electron chi connectivity index (χ4n) is 3.63. The van der Waals surface area contributed by atoms with Crippen LogP contribution in [0.25, 0.3) is 0 Å². The fraction of sp³-hybridized carbons (Fsp3) is 0.381. The van der Waals surface area contributed by atoms with Crippen LogP contribution in [0.15, 0.2) is 35.2 Å². The highest BCUT2D eigenvalue weighted by molar-refractivity contribution is 7.90. The van der Waals surface area contributed by atoms with E-state index in [1.54, 1.807) is 12.1 Å². The number of carbonyl (C=O) groups excluding carboxylic acids is 1. The summed E-state index contributed by atoms with van der Waals surface area (Å²) in [5.74, 6) is -0.252. The Morgan fingerprint density at radius 3 is 2.71 bits per heavy atom. The number of aliphatic hydroxyl groups excluding tert-OH is 1. The number of rotatable bonds is 7. The first-order valence-corrected chi connectivity index (χ1v) is 11.8. The van der Waals surface area contributed by atoms with Gasteiger partial charge in [-0.25, -0.2) is 13.4 Å². The Morgan fingerprint density at radius 1 is 1.32 bits per heavy atom. The van der Waals surface area contributed by atoms with Gasteiger partial charge < -0.3 is 21.5 Å². The molecule has 0 bridgehead atoms. The van der Waals surface area contributed by atoms with Gasteiger partial charge >= 0.3 is 0 Å². The summed E-state index contributed by atoms with van der Waals surface area (Å²) in [6.07, 6.45) is 4.93. The van der Waals surface area contributed by atoms with Crippen molar-refractivity contribution >= 4 is 32.9 Å². The Hall–Kier alpha value is -3.00. The standard InChI is InChI=1S/C21H25N5O4S/c1-31(29,30)15-6-4-5-14(10-15)24-21-20(18(28)12-27)13(11-22)9-19(26-21)25-17-8-3-2-7-16(17)23/h4-6,9-10,16-17,27H,2-3,7-8,12,23H2,1H3,(H2,24,25,26)/t16-,17+/m0/s1. The van der Waals surface area contributed by atoms with Crippen LogP contribution in [0, 0.1) is 11.3 Å². The summed E-state index contributed by atoms with van der Waals surface area (Å²) in [6.45, 7) is -0.797. The lowest BCUT2D eigenvalue weighted by atomic mass is 9.91. The van der Waals surface area contributed by atoms with E-state index in [4.69, 9.17) is 5.73 Å². The van der Waals surface area contributed by atoms with E-state index in [9.17, 15) is 23.6 Å². The van der Waals surface area contributed by atoms with E-state index < -0.39 is 22.2 Å². The molecule has 0 spiro atoms. The van der Waals surface area contributed by atoms with Gasteiger partial charge in [-0.05, 0) is 37.1 Å². The molecule has 31 heavy (non-hydrogen) atoms. The van der Waals surface area contributed by atoms with Crippen LogP contribution in [0.5, 0.6) is 0 Å². The van der Waals surface area contributed by atoms with Gasteiger partial charge in [-0.1, -0.05) is 18.9 Å². The number of carbonyl (C=O) groups is 1. The normalized spacial score (nSPS) is 18.8. The SMILES string of the molecule is CS(=O)(=O)c1cccc(Nc2nc(N[C@@H]3CCCC[C@@H]3N)cc(C#N)c2C(=O)CO)c1. The Labute approximate surface area is 181 Å². The van der Waals surface area contributed by atoms with Crippen molar-refractivity contribution in [2.24, 2.45) is 5.73 Å². The molecule has 0 saturated heterocycles. The Balaban J connectivity index is 2.04. The predicted octanol–water partition coefficient (Wildman–Crippen LogP) is 1.96. The zero-order valence-electron chi connectivity index (χ0n) is 17.1. The summed E-state index contributed by atoms with van der Waals surface area (Å²) >= 11 is 0. The van der Waals surface area contributed by atoms with E-state index >= 15 is 0 Å². The van der Waals surface area contributed by atoms with Crippen molar-refractivity contribution in [3.8, 4) is 6.07 Å². The third kappa shape index (κ3) is 5.38. The second kappa shape index (κ2) is 9.43. The molecule has 2 atom stereocenters. The summed E-state index contributed by atoms with van der Waals surface area (Å²) in [4.78, 5) is 16.9. The lowest BCUT2D eigenvalue weighted by molar-refractivity contribution is 0.0904. The lowest BCUT2D eigenvalue weighted by Gasteiger charge is -2.30. The molecule has 0 aliphatic heterocycles. The summed E-state index contributed by atoms with van der Waals surface area (Å²) in [7, 11) is -3.44. The van der Waals surface area contributed by atoms with Crippen LogP contribution in [0.1, 0.15) is 41.6 Å². The van der Waals surface area contributed by atoms with Crippen molar-refractivity contribution in [3.05, 3.63) is 41.5 Å². The van der Waals surface area contributed by atoms with Gasteiger partial charge in [-0.3, -0.25) is 4.79 Å². The zero-order chi connectivity index (χ0) is 22.6. The minimum absolute atomic E-state index is 0.0198. The smallest absolute Gasteiger partial charge is 0.193 e. The quantitative estimate of drug-likeness (QED) is 0.469. The number of aliphatic hydroxyl groups is 1. The van der Waals surface area contributed by atoms with Gasteiger partial charge in [-0.2, -0.15) is 5.26 Å². The third-order valence-electron chi connectivity index (χ3n) is 5.24. The second-order valence-electron chi connectivity index (χ2n) is 7.60. The molecule has 0 unspecified atom stereocenters. The number of nitrogens with two attached hydrogens (primary N) is 1. The number of anilines is 3.